The van der Waals surface area contributed by atoms with E-state index in [0.717, 1.165) is 6.42 Å². The molecule has 6 nitrogen and oxygen atoms in total. The maximum absolute atomic E-state index is 13.2. The van der Waals surface area contributed by atoms with Crippen LogP contribution in [0.25, 0.3) is 0 Å². The summed E-state index contributed by atoms with van der Waals surface area (Å²) < 4.78 is 73.0. The van der Waals surface area contributed by atoms with Crippen LogP contribution < -0.4 is 0 Å². The van der Waals surface area contributed by atoms with Gasteiger partial charge in [0.15, 0.2) is 6.17 Å². The molecule has 1 rings (SSSR count). The van der Waals surface area contributed by atoms with Gasteiger partial charge < -0.3 is 9.84 Å². The number of carbonyl (C=O) groups is 1. The molecule has 0 amide bonds. The zero-order valence-corrected chi connectivity index (χ0v) is 14.4. The second-order valence-electron chi connectivity index (χ2n) is 6.85. The number of aliphatic hydroxyl groups is 1. The molecule has 0 aromatic heterocycles. The number of hydrogen-bond acceptors (Lipinski definition) is 5. The van der Waals surface area contributed by atoms with Crippen molar-refractivity contribution in [1.82, 2.24) is 0 Å². The monoisotopic (exact) mass is 376 g/mol. The quantitative estimate of drug-likeness (QED) is 0.498. The van der Waals surface area contributed by atoms with Crippen LogP contribution >= 0.6 is 0 Å². The van der Waals surface area contributed by atoms with E-state index >= 15 is 0 Å². The van der Waals surface area contributed by atoms with E-state index in [2.05, 4.69) is 0 Å². The van der Waals surface area contributed by atoms with Gasteiger partial charge in [0.1, 0.15) is 0 Å². The lowest BCUT2D eigenvalue weighted by Crippen LogP contribution is -2.39. The summed E-state index contributed by atoms with van der Waals surface area (Å²) >= 11 is 0. The average molecular weight is 376 g/mol. The third-order valence-corrected chi connectivity index (χ3v) is 4.93. The molecule has 1 saturated carbocycles. The number of rotatable bonds is 8. The fraction of sp³-hybridized carbons (Fsp3) is 0.929. The summed E-state index contributed by atoms with van der Waals surface area (Å²) in [6, 6.07) is 0. The summed E-state index contributed by atoms with van der Waals surface area (Å²) in [5.74, 6) is -0.964. The Morgan fingerprint density at radius 2 is 1.92 bits per heavy atom. The van der Waals surface area contributed by atoms with Gasteiger partial charge >= 0.3 is 21.3 Å². The van der Waals surface area contributed by atoms with Gasteiger partial charge in [-0.2, -0.15) is 17.2 Å². The van der Waals surface area contributed by atoms with Gasteiger partial charge in [0.2, 0.25) is 0 Å². The topological polar surface area (TPSA) is 101 Å². The molecule has 0 aliphatic heterocycles. The predicted molar refractivity (Wildman–Crippen MR) is 78.7 cm³/mol. The van der Waals surface area contributed by atoms with Crippen molar-refractivity contribution in [1.29, 1.82) is 0 Å². The highest BCUT2D eigenvalue weighted by Crippen LogP contribution is 2.36. The molecular formula is C14H23F3O6S. The van der Waals surface area contributed by atoms with Crippen molar-refractivity contribution >= 4 is 16.1 Å². The van der Waals surface area contributed by atoms with Crippen molar-refractivity contribution in [2.75, 3.05) is 6.61 Å². The smallest absolute Gasteiger partial charge is 0.400 e. The number of halogens is 3. The average Bonchev–Trinajstić information content (AvgIpc) is 2.83. The number of ether oxygens (including phenoxy) is 1. The Hall–Kier alpha value is -0.870. The Bertz CT molecular complexity index is 543. The van der Waals surface area contributed by atoms with Crippen LogP contribution in [0.3, 0.4) is 0 Å². The maximum atomic E-state index is 13.2. The van der Waals surface area contributed by atoms with Crippen LogP contribution in [0.15, 0.2) is 0 Å². The highest BCUT2D eigenvalue weighted by Gasteiger charge is 2.52. The van der Waals surface area contributed by atoms with Crippen LogP contribution in [0.5, 0.6) is 0 Å². The normalized spacial score (nSPS) is 24.0. The maximum Gasteiger partial charge on any atom is 0.400 e. The summed E-state index contributed by atoms with van der Waals surface area (Å²) in [5, 5.41) is 4.81. The van der Waals surface area contributed by atoms with Gasteiger partial charge in [0.05, 0.1) is 18.1 Å². The zero-order chi connectivity index (χ0) is 18.8. The fourth-order valence-electron chi connectivity index (χ4n) is 2.89. The highest BCUT2D eigenvalue weighted by atomic mass is 32.2. The molecule has 3 unspecified atom stereocenters. The second-order valence-corrected chi connectivity index (χ2v) is 8.35. The van der Waals surface area contributed by atoms with Gasteiger partial charge in [-0.1, -0.05) is 0 Å². The Kier molecular flexibility index (Phi) is 6.68. The zero-order valence-electron chi connectivity index (χ0n) is 13.5. The van der Waals surface area contributed by atoms with Crippen molar-refractivity contribution in [3.05, 3.63) is 0 Å². The van der Waals surface area contributed by atoms with E-state index in [9.17, 15) is 31.5 Å². The van der Waals surface area contributed by atoms with Crippen LogP contribution in [-0.2, 0) is 19.6 Å². The van der Waals surface area contributed by atoms with Crippen LogP contribution in [0.4, 0.5) is 13.2 Å². The summed E-state index contributed by atoms with van der Waals surface area (Å²) in [7, 11) is -5.87. The standard InChI is InChI=1S/C14H23F3O6S/c1-13(2,19)8-9-3-4-10(7-9)12(18)23-6-5-11(15)14(16,17)24(20,21)22/h9-11,19H,3-8H2,1-2H3,(H,20,21,22). The van der Waals surface area contributed by atoms with Gasteiger partial charge in [0, 0.05) is 6.42 Å². The first-order valence-corrected chi connectivity index (χ1v) is 9.06. The first-order valence-electron chi connectivity index (χ1n) is 7.62. The molecule has 1 aliphatic rings. The SMILES string of the molecule is CC(C)(O)CC1CCC(C(=O)OCCC(F)C(F)(F)S(=O)(=O)O)C1. The van der Waals surface area contributed by atoms with E-state index in [-0.39, 0.29) is 5.92 Å². The van der Waals surface area contributed by atoms with Gasteiger partial charge in [-0.3, -0.25) is 9.35 Å². The van der Waals surface area contributed by atoms with Crippen molar-refractivity contribution in [3.8, 4) is 0 Å². The number of hydrogen-bond donors (Lipinski definition) is 2. The molecule has 0 aromatic carbocycles. The molecular weight excluding hydrogens is 353 g/mol. The predicted octanol–water partition coefficient (Wildman–Crippen LogP) is 2.32. The third-order valence-electron chi connectivity index (χ3n) is 3.99. The van der Waals surface area contributed by atoms with Gasteiger partial charge in [0.25, 0.3) is 0 Å². The molecule has 1 aliphatic carbocycles. The Morgan fingerprint density at radius 1 is 1.33 bits per heavy atom. The van der Waals surface area contributed by atoms with Crippen molar-refractivity contribution in [2.45, 2.75) is 63.0 Å². The summed E-state index contributed by atoms with van der Waals surface area (Å²) in [6.45, 7) is 2.61. The van der Waals surface area contributed by atoms with Crippen LogP contribution in [0.1, 0.15) is 46.0 Å². The van der Waals surface area contributed by atoms with Gasteiger partial charge in [-0.05, 0) is 45.4 Å². The first-order chi connectivity index (χ1) is 10.7. The van der Waals surface area contributed by atoms with Gasteiger partial charge in [-0.25, -0.2) is 4.39 Å². The fourth-order valence-corrected chi connectivity index (χ4v) is 3.33. The van der Waals surface area contributed by atoms with E-state index in [0.29, 0.717) is 19.3 Å². The minimum atomic E-state index is -5.87. The Balaban J connectivity index is 2.40. The highest BCUT2D eigenvalue weighted by molar-refractivity contribution is 7.86. The van der Waals surface area contributed by atoms with Crippen molar-refractivity contribution in [3.63, 3.8) is 0 Å². The molecule has 1 fully saturated rings. The van der Waals surface area contributed by atoms with E-state index in [4.69, 9.17) is 9.29 Å². The number of carbonyl (C=O) groups excluding carboxylic acids is 1. The molecule has 0 radical (unpaired) electrons. The summed E-state index contributed by atoms with van der Waals surface area (Å²) in [4.78, 5) is 11.8. The van der Waals surface area contributed by atoms with Crippen molar-refractivity contribution in [2.24, 2.45) is 11.8 Å². The minimum absolute atomic E-state index is 0.139. The lowest BCUT2D eigenvalue weighted by Gasteiger charge is -2.21. The van der Waals surface area contributed by atoms with E-state index in [1.54, 1.807) is 13.8 Å². The summed E-state index contributed by atoms with van der Waals surface area (Å²) in [6.07, 6.45) is -1.96. The van der Waals surface area contributed by atoms with E-state index in [1.165, 1.54) is 0 Å². The molecule has 0 heterocycles. The molecule has 24 heavy (non-hydrogen) atoms. The lowest BCUT2D eigenvalue weighted by molar-refractivity contribution is -0.149. The van der Waals surface area contributed by atoms with E-state index in [1.807, 2.05) is 0 Å². The van der Waals surface area contributed by atoms with Crippen LogP contribution in [0.2, 0.25) is 0 Å². The van der Waals surface area contributed by atoms with Crippen molar-refractivity contribution < 1.29 is 40.8 Å². The number of alkyl halides is 3. The largest absolute Gasteiger partial charge is 0.465 e. The molecule has 0 aromatic rings. The van der Waals surface area contributed by atoms with Crippen LogP contribution in [0, 0.1) is 11.8 Å². The molecule has 2 N–H and O–H groups in total. The van der Waals surface area contributed by atoms with Gasteiger partial charge in [-0.15, -0.1) is 0 Å². The molecule has 0 bridgehead atoms. The molecule has 0 spiro atoms. The molecule has 0 saturated heterocycles. The second kappa shape index (κ2) is 7.57. The first kappa shape index (κ1) is 21.2. The number of esters is 1. The Labute approximate surface area is 139 Å². The van der Waals surface area contributed by atoms with Crippen LogP contribution in [-0.4, -0.2) is 47.7 Å². The lowest BCUT2D eigenvalue weighted by atomic mass is 9.92. The minimum Gasteiger partial charge on any atom is -0.465 e. The third kappa shape index (κ3) is 5.89. The molecule has 3 atom stereocenters. The summed E-state index contributed by atoms with van der Waals surface area (Å²) in [5.41, 5.74) is -0.855. The Morgan fingerprint density at radius 3 is 2.42 bits per heavy atom. The molecule has 10 heteroatoms. The van der Waals surface area contributed by atoms with E-state index < -0.39 is 52.1 Å². The molecule has 142 valence electrons.